The number of nitrogens with two attached hydrogens (primary N) is 1. The molecule has 0 fully saturated rings. The second-order valence-electron chi connectivity index (χ2n) is 5.08. The van der Waals surface area contributed by atoms with Crippen LogP contribution in [0.15, 0.2) is 42.7 Å². The molecule has 0 spiro atoms. The number of rotatable bonds is 4. The SMILES string of the molecule is CC(C)N(Cc1ccccc1N)C(=O)c1ccncc1Cl. The van der Waals surface area contributed by atoms with Crippen LogP contribution in [0.2, 0.25) is 5.02 Å². The van der Waals surface area contributed by atoms with Crippen molar-refractivity contribution in [2.75, 3.05) is 5.73 Å². The maximum atomic E-state index is 12.7. The smallest absolute Gasteiger partial charge is 0.256 e. The molecule has 1 amide bonds. The summed E-state index contributed by atoms with van der Waals surface area (Å²) in [6, 6.07) is 9.20. The van der Waals surface area contributed by atoms with Crippen molar-refractivity contribution < 1.29 is 4.79 Å². The Morgan fingerprint density at radius 2 is 2.05 bits per heavy atom. The highest BCUT2D eigenvalue weighted by molar-refractivity contribution is 6.33. The second-order valence-corrected chi connectivity index (χ2v) is 5.49. The van der Waals surface area contributed by atoms with Crippen LogP contribution in [0.1, 0.15) is 29.8 Å². The zero-order valence-electron chi connectivity index (χ0n) is 12.1. The van der Waals surface area contributed by atoms with Gasteiger partial charge in [-0.25, -0.2) is 0 Å². The largest absolute Gasteiger partial charge is 0.398 e. The predicted molar refractivity (Wildman–Crippen MR) is 85.1 cm³/mol. The minimum absolute atomic E-state index is 0.0290. The van der Waals surface area contributed by atoms with Crippen LogP contribution in [-0.4, -0.2) is 21.8 Å². The van der Waals surface area contributed by atoms with Crippen molar-refractivity contribution in [3.05, 3.63) is 58.9 Å². The number of carbonyl (C=O) groups is 1. The summed E-state index contributed by atoms with van der Waals surface area (Å²) in [4.78, 5) is 18.3. The summed E-state index contributed by atoms with van der Waals surface area (Å²) in [5.41, 5.74) is 8.02. The number of pyridine rings is 1. The number of carbonyl (C=O) groups excluding carboxylic acids is 1. The fourth-order valence-corrected chi connectivity index (χ4v) is 2.25. The van der Waals surface area contributed by atoms with Crippen molar-refractivity contribution in [1.29, 1.82) is 0 Å². The first kappa shape index (κ1) is 15.3. The third-order valence-electron chi connectivity index (χ3n) is 3.28. The lowest BCUT2D eigenvalue weighted by atomic mass is 10.1. The highest BCUT2D eigenvalue weighted by atomic mass is 35.5. The van der Waals surface area contributed by atoms with Crippen molar-refractivity contribution in [2.45, 2.75) is 26.4 Å². The topological polar surface area (TPSA) is 59.2 Å². The summed E-state index contributed by atoms with van der Waals surface area (Å²) in [5, 5.41) is 0.356. The highest BCUT2D eigenvalue weighted by Gasteiger charge is 2.21. The average Bonchev–Trinajstić information content (AvgIpc) is 2.46. The van der Waals surface area contributed by atoms with Crippen LogP contribution >= 0.6 is 11.6 Å². The summed E-state index contributed by atoms with van der Waals surface area (Å²) in [7, 11) is 0. The van der Waals surface area contributed by atoms with Crippen molar-refractivity contribution >= 4 is 23.2 Å². The number of para-hydroxylation sites is 1. The van der Waals surface area contributed by atoms with Gasteiger partial charge in [0, 0.05) is 30.7 Å². The zero-order chi connectivity index (χ0) is 15.4. The summed E-state index contributed by atoms with van der Waals surface area (Å²) in [6.07, 6.45) is 3.04. The molecule has 0 aliphatic heterocycles. The van der Waals surface area contributed by atoms with Crippen molar-refractivity contribution in [2.24, 2.45) is 0 Å². The van der Waals surface area contributed by atoms with Gasteiger partial charge >= 0.3 is 0 Å². The van der Waals surface area contributed by atoms with E-state index in [4.69, 9.17) is 17.3 Å². The Hall–Kier alpha value is -2.07. The minimum atomic E-state index is -0.124. The molecule has 0 bridgehead atoms. The fraction of sp³-hybridized carbons (Fsp3) is 0.250. The van der Waals surface area contributed by atoms with E-state index >= 15 is 0 Å². The lowest BCUT2D eigenvalue weighted by Crippen LogP contribution is -2.36. The lowest BCUT2D eigenvalue weighted by Gasteiger charge is -2.27. The molecule has 2 N–H and O–H groups in total. The Morgan fingerprint density at radius 3 is 2.67 bits per heavy atom. The molecule has 1 aromatic heterocycles. The zero-order valence-corrected chi connectivity index (χ0v) is 12.8. The Balaban J connectivity index is 2.30. The van der Waals surface area contributed by atoms with Crippen LogP contribution in [-0.2, 0) is 6.54 Å². The van der Waals surface area contributed by atoms with Gasteiger partial charge in [-0.05, 0) is 31.5 Å². The Bertz CT molecular complexity index is 643. The number of amides is 1. The van der Waals surface area contributed by atoms with E-state index < -0.39 is 0 Å². The molecule has 21 heavy (non-hydrogen) atoms. The first-order chi connectivity index (χ1) is 10.0. The van der Waals surface area contributed by atoms with E-state index in [9.17, 15) is 4.79 Å². The second kappa shape index (κ2) is 6.59. The molecule has 5 heteroatoms. The maximum Gasteiger partial charge on any atom is 0.256 e. The molecule has 0 atom stereocenters. The number of nitrogen functional groups attached to an aromatic ring is 1. The molecule has 1 aromatic carbocycles. The monoisotopic (exact) mass is 303 g/mol. The lowest BCUT2D eigenvalue weighted by molar-refractivity contribution is 0.0691. The van der Waals surface area contributed by atoms with E-state index in [1.165, 1.54) is 6.20 Å². The van der Waals surface area contributed by atoms with Crippen LogP contribution in [0, 0.1) is 0 Å². The molecule has 0 unspecified atom stereocenters. The van der Waals surface area contributed by atoms with E-state index in [-0.39, 0.29) is 11.9 Å². The van der Waals surface area contributed by atoms with Gasteiger partial charge in [-0.1, -0.05) is 29.8 Å². The van der Waals surface area contributed by atoms with Gasteiger partial charge in [0.05, 0.1) is 10.6 Å². The number of aromatic nitrogens is 1. The molecule has 0 saturated heterocycles. The quantitative estimate of drug-likeness (QED) is 0.881. The molecule has 2 aromatic rings. The molecule has 0 aliphatic rings. The number of nitrogens with zero attached hydrogens (tertiary/aromatic N) is 2. The molecule has 0 radical (unpaired) electrons. The Kier molecular flexibility index (Phi) is 4.81. The first-order valence-electron chi connectivity index (χ1n) is 6.74. The molecule has 0 aliphatic carbocycles. The fourth-order valence-electron chi connectivity index (χ4n) is 2.05. The molecule has 1 heterocycles. The highest BCUT2D eigenvalue weighted by Crippen LogP contribution is 2.21. The summed E-state index contributed by atoms with van der Waals surface area (Å²) >= 11 is 6.07. The predicted octanol–water partition coefficient (Wildman–Crippen LogP) is 3.37. The van der Waals surface area contributed by atoms with E-state index in [0.717, 1.165) is 5.56 Å². The number of benzene rings is 1. The summed E-state index contributed by atoms with van der Waals surface area (Å²) in [6.45, 7) is 4.38. The molecule has 4 nitrogen and oxygen atoms in total. The van der Waals surface area contributed by atoms with Gasteiger partial charge in [0.15, 0.2) is 0 Å². The van der Waals surface area contributed by atoms with Gasteiger partial charge in [-0.15, -0.1) is 0 Å². The normalized spacial score (nSPS) is 10.7. The van der Waals surface area contributed by atoms with Gasteiger partial charge in [-0.2, -0.15) is 0 Å². The third-order valence-corrected chi connectivity index (χ3v) is 3.58. The molecular formula is C16H18ClN3O. The number of hydrogen-bond acceptors (Lipinski definition) is 3. The van der Waals surface area contributed by atoms with Gasteiger partial charge in [0.25, 0.3) is 5.91 Å². The van der Waals surface area contributed by atoms with Gasteiger partial charge < -0.3 is 10.6 Å². The van der Waals surface area contributed by atoms with Crippen molar-refractivity contribution in [3.63, 3.8) is 0 Å². The van der Waals surface area contributed by atoms with Gasteiger partial charge in [-0.3, -0.25) is 9.78 Å². The van der Waals surface area contributed by atoms with Crippen molar-refractivity contribution in [1.82, 2.24) is 9.88 Å². The van der Waals surface area contributed by atoms with Gasteiger partial charge in [0.1, 0.15) is 0 Å². The molecule has 2 rings (SSSR count). The number of hydrogen-bond donors (Lipinski definition) is 1. The van der Waals surface area contributed by atoms with Crippen LogP contribution in [0.3, 0.4) is 0 Å². The number of anilines is 1. The van der Waals surface area contributed by atoms with Crippen LogP contribution in [0.5, 0.6) is 0 Å². The first-order valence-corrected chi connectivity index (χ1v) is 7.12. The van der Waals surface area contributed by atoms with Crippen LogP contribution in [0.4, 0.5) is 5.69 Å². The summed E-state index contributed by atoms with van der Waals surface area (Å²) < 4.78 is 0. The van der Waals surface area contributed by atoms with Crippen LogP contribution in [0.25, 0.3) is 0 Å². The Labute approximate surface area is 129 Å². The number of halogens is 1. The minimum Gasteiger partial charge on any atom is -0.398 e. The van der Waals surface area contributed by atoms with E-state index in [0.29, 0.717) is 22.8 Å². The average molecular weight is 304 g/mol. The van der Waals surface area contributed by atoms with E-state index in [2.05, 4.69) is 4.98 Å². The van der Waals surface area contributed by atoms with E-state index in [1.54, 1.807) is 17.2 Å². The summed E-state index contributed by atoms with van der Waals surface area (Å²) in [5.74, 6) is -0.124. The maximum absolute atomic E-state index is 12.7. The van der Waals surface area contributed by atoms with E-state index in [1.807, 2.05) is 38.1 Å². The molecular weight excluding hydrogens is 286 g/mol. The van der Waals surface area contributed by atoms with Crippen LogP contribution < -0.4 is 5.73 Å². The molecule has 110 valence electrons. The Morgan fingerprint density at radius 1 is 1.33 bits per heavy atom. The van der Waals surface area contributed by atoms with Gasteiger partial charge in [0.2, 0.25) is 0 Å². The molecule has 0 saturated carbocycles. The van der Waals surface area contributed by atoms with Crippen molar-refractivity contribution in [3.8, 4) is 0 Å². The standard InChI is InChI=1S/C16H18ClN3O/c1-11(2)20(10-12-5-3-4-6-15(12)18)16(21)13-7-8-19-9-14(13)17/h3-9,11H,10,18H2,1-2H3. The third kappa shape index (κ3) is 3.52.